The first-order valence-electron chi connectivity index (χ1n) is 4.47. The highest BCUT2D eigenvalue weighted by Gasteiger charge is 2.24. The molecule has 0 fully saturated rings. The number of hydrogen-bond donors (Lipinski definition) is 1. The highest BCUT2D eigenvalue weighted by atomic mass is 19.1. The van der Waals surface area contributed by atoms with E-state index in [1.54, 1.807) is 13.8 Å². The molecule has 2 heteroatoms. The molecule has 0 bridgehead atoms. The van der Waals surface area contributed by atoms with Gasteiger partial charge in [0.2, 0.25) is 0 Å². The third-order valence-electron chi connectivity index (χ3n) is 2.07. The zero-order chi connectivity index (χ0) is 9.90. The topological polar surface area (TPSA) is 26.0 Å². The molecule has 72 valence electrons. The fourth-order valence-electron chi connectivity index (χ4n) is 1.08. The third kappa shape index (κ3) is 3.15. The van der Waals surface area contributed by atoms with Crippen molar-refractivity contribution in [3.05, 3.63) is 35.9 Å². The maximum atomic E-state index is 13.5. The van der Waals surface area contributed by atoms with Crippen LogP contribution in [0.3, 0.4) is 0 Å². The van der Waals surface area contributed by atoms with Crippen molar-refractivity contribution in [1.29, 1.82) is 0 Å². The number of hydrogen-bond acceptors (Lipinski definition) is 1. The van der Waals surface area contributed by atoms with Gasteiger partial charge in [-0.05, 0) is 19.4 Å². The van der Waals surface area contributed by atoms with Gasteiger partial charge in [-0.2, -0.15) is 0 Å². The highest BCUT2D eigenvalue weighted by Crippen LogP contribution is 2.15. The number of halogens is 1. The zero-order valence-electron chi connectivity index (χ0n) is 8.13. The van der Waals surface area contributed by atoms with Crippen LogP contribution in [0.4, 0.5) is 4.39 Å². The molecule has 1 unspecified atom stereocenters. The summed E-state index contributed by atoms with van der Waals surface area (Å²) in [7, 11) is 0. The number of alkyl halides is 1. The molecule has 0 saturated carbocycles. The van der Waals surface area contributed by atoms with E-state index in [2.05, 4.69) is 0 Å². The summed E-state index contributed by atoms with van der Waals surface area (Å²) in [6.07, 6.45) is -0.598. The Bertz CT molecular complexity index is 251. The van der Waals surface area contributed by atoms with Crippen molar-refractivity contribution in [2.45, 2.75) is 32.0 Å². The Hall–Kier alpha value is -0.890. The molecule has 1 atom stereocenters. The van der Waals surface area contributed by atoms with Crippen LogP contribution in [0.2, 0.25) is 0 Å². The fraction of sp³-hybridized carbons (Fsp3) is 0.455. The van der Waals surface area contributed by atoms with Crippen molar-refractivity contribution in [3.63, 3.8) is 0 Å². The minimum absolute atomic E-state index is 0.393. The van der Waals surface area contributed by atoms with Crippen molar-refractivity contribution in [2.24, 2.45) is 5.73 Å². The molecule has 0 aliphatic carbocycles. The molecular weight excluding hydrogens is 165 g/mol. The van der Waals surface area contributed by atoms with Gasteiger partial charge in [0.15, 0.2) is 0 Å². The monoisotopic (exact) mass is 181 g/mol. The van der Waals surface area contributed by atoms with E-state index in [-0.39, 0.29) is 0 Å². The van der Waals surface area contributed by atoms with E-state index < -0.39 is 11.7 Å². The van der Waals surface area contributed by atoms with Gasteiger partial charge in [0.05, 0.1) is 0 Å². The average molecular weight is 181 g/mol. The number of nitrogens with two attached hydrogens (primary N) is 1. The summed E-state index contributed by atoms with van der Waals surface area (Å²) in [6.45, 7) is 3.42. The van der Waals surface area contributed by atoms with Crippen molar-refractivity contribution in [1.82, 2.24) is 0 Å². The van der Waals surface area contributed by atoms with Gasteiger partial charge >= 0.3 is 0 Å². The molecule has 0 aromatic heterocycles. The SMILES string of the molecule is CC(C)(N)C(F)Cc1ccccc1. The molecule has 1 nitrogen and oxygen atoms in total. The van der Waals surface area contributed by atoms with Crippen LogP contribution in [0.15, 0.2) is 30.3 Å². The Labute approximate surface area is 78.8 Å². The smallest absolute Gasteiger partial charge is 0.121 e. The summed E-state index contributed by atoms with van der Waals surface area (Å²) in [4.78, 5) is 0. The van der Waals surface area contributed by atoms with E-state index in [9.17, 15) is 4.39 Å². The van der Waals surface area contributed by atoms with E-state index >= 15 is 0 Å². The summed E-state index contributed by atoms with van der Waals surface area (Å²) >= 11 is 0. The Kier molecular flexibility index (Phi) is 3.04. The van der Waals surface area contributed by atoms with Crippen LogP contribution in [0, 0.1) is 0 Å². The molecule has 2 N–H and O–H groups in total. The van der Waals surface area contributed by atoms with Gasteiger partial charge in [-0.25, -0.2) is 4.39 Å². The minimum atomic E-state index is -0.991. The predicted molar refractivity (Wildman–Crippen MR) is 53.3 cm³/mol. The molecule has 0 aliphatic rings. The maximum Gasteiger partial charge on any atom is 0.121 e. The Balaban J connectivity index is 2.61. The lowest BCUT2D eigenvalue weighted by atomic mass is 9.94. The van der Waals surface area contributed by atoms with Gasteiger partial charge in [0.1, 0.15) is 6.17 Å². The largest absolute Gasteiger partial charge is 0.323 e. The molecule has 0 heterocycles. The Morgan fingerprint density at radius 2 is 1.85 bits per heavy atom. The Morgan fingerprint density at radius 1 is 1.31 bits per heavy atom. The lowest BCUT2D eigenvalue weighted by molar-refractivity contribution is 0.218. The summed E-state index contributed by atoms with van der Waals surface area (Å²) < 4.78 is 13.5. The summed E-state index contributed by atoms with van der Waals surface area (Å²) in [5.41, 5.74) is 5.89. The minimum Gasteiger partial charge on any atom is -0.323 e. The first kappa shape index (κ1) is 10.2. The van der Waals surface area contributed by atoms with Gasteiger partial charge in [-0.3, -0.25) is 0 Å². The molecular formula is C11H16FN. The molecule has 0 spiro atoms. The summed E-state index contributed by atoms with van der Waals surface area (Å²) in [5, 5.41) is 0. The van der Waals surface area contributed by atoms with Crippen LogP contribution >= 0.6 is 0 Å². The predicted octanol–water partition coefficient (Wildman–Crippen LogP) is 2.30. The quantitative estimate of drug-likeness (QED) is 0.760. The second kappa shape index (κ2) is 3.88. The van der Waals surface area contributed by atoms with E-state index in [4.69, 9.17) is 5.73 Å². The first-order valence-corrected chi connectivity index (χ1v) is 4.47. The van der Waals surface area contributed by atoms with E-state index in [1.165, 1.54) is 0 Å². The fourth-order valence-corrected chi connectivity index (χ4v) is 1.08. The Morgan fingerprint density at radius 3 is 2.31 bits per heavy atom. The van der Waals surface area contributed by atoms with Crippen molar-refractivity contribution in [2.75, 3.05) is 0 Å². The molecule has 0 saturated heterocycles. The molecule has 1 aromatic rings. The van der Waals surface area contributed by atoms with Crippen molar-refractivity contribution >= 4 is 0 Å². The number of benzene rings is 1. The highest BCUT2D eigenvalue weighted by molar-refractivity contribution is 5.16. The zero-order valence-corrected chi connectivity index (χ0v) is 8.13. The molecule has 0 aliphatic heterocycles. The first-order chi connectivity index (χ1) is 6.00. The molecule has 0 amide bonds. The van der Waals surface area contributed by atoms with Crippen LogP contribution in [-0.2, 0) is 6.42 Å². The molecule has 1 aromatic carbocycles. The normalized spacial score (nSPS) is 14.2. The van der Waals surface area contributed by atoms with Crippen molar-refractivity contribution < 1.29 is 4.39 Å². The van der Waals surface area contributed by atoms with E-state index in [1.807, 2.05) is 30.3 Å². The lowest BCUT2D eigenvalue weighted by Crippen LogP contribution is -2.43. The number of rotatable bonds is 3. The maximum absolute atomic E-state index is 13.5. The van der Waals surface area contributed by atoms with E-state index in [0.717, 1.165) is 5.56 Å². The second-order valence-electron chi connectivity index (χ2n) is 3.98. The second-order valence-corrected chi connectivity index (χ2v) is 3.98. The van der Waals surface area contributed by atoms with Crippen LogP contribution < -0.4 is 5.73 Å². The van der Waals surface area contributed by atoms with Gasteiger partial charge in [-0.1, -0.05) is 30.3 Å². The summed E-state index contributed by atoms with van der Waals surface area (Å²) in [5.74, 6) is 0. The van der Waals surface area contributed by atoms with Gasteiger partial charge in [0, 0.05) is 12.0 Å². The van der Waals surface area contributed by atoms with Crippen LogP contribution in [-0.4, -0.2) is 11.7 Å². The lowest BCUT2D eigenvalue weighted by Gasteiger charge is -2.23. The van der Waals surface area contributed by atoms with Gasteiger partial charge < -0.3 is 5.73 Å². The van der Waals surface area contributed by atoms with Crippen LogP contribution in [0.5, 0.6) is 0 Å². The van der Waals surface area contributed by atoms with Crippen LogP contribution in [0.25, 0.3) is 0 Å². The third-order valence-corrected chi connectivity index (χ3v) is 2.07. The van der Waals surface area contributed by atoms with Gasteiger partial charge in [-0.15, -0.1) is 0 Å². The van der Waals surface area contributed by atoms with Gasteiger partial charge in [0.25, 0.3) is 0 Å². The van der Waals surface area contributed by atoms with E-state index in [0.29, 0.717) is 6.42 Å². The molecule has 1 rings (SSSR count). The van der Waals surface area contributed by atoms with Crippen LogP contribution in [0.1, 0.15) is 19.4 Å². The van der Waals surface area contributed by atoms with Crippen molar-refractivity contribution in [3.8, 4) is 0 Å². The standard InChI is InChI=1S/C11H16FN/c1-11(2,13)10(12)8-9-6-4-3-5-7-9/h3-7,10H,8,13H2,1-2H3. The molecule has 13 heavy (non-hydrogen) atoms. The summed E-state index contributed by atoms with van der Waals surface area (Å²) in [6, 6.07) is 9.57. The molecule has 0 radical (unpaired) electrons. The average Bonchev–Trinajstić information content (AvgIpc) is 2.04.